The molecule has 0 radical (unpaired) electrons. The summed E-state index contributed by atoms with van der Waals surface area (Å²) < 4.78 is 23.5. The maximum Gasteiger partial charge on any atom is 0.259 e. The molecule has 108 valence electrons. The topological polar surface area (TPSA) is 80.5 Å². The van der Waals surface area contributed by atoms with E-state index in [0.29, 0.717) is 16.1 Å². The van der Waals surface area contributed by atoms with Crippen LogP contribution in [0.3, 0.4) is 0 Å². The molecule has 2 rings (SSSR count). The number of hydrogen-bond acceptors (Lipinski definition) is 4. The van der Waals surface area contributed by atoms with Crippen LogP contribution in [-0.2, 0) is 21.4 Å². The number of thiocarbonyl (C=S) groups is 1. The first-order valence-electron chi connectivity index (χ1n) is 5.74. The standard InChI is InChI=1S/C12H13ClN2O3S2/c1-12(2)11(16)15(20(12,17)18)6-8-4-3-7(10(14)19)5-9(8)13/h3-5H,6H2,1-2H3,(H2,14,19). The molecule has 0 aliphatic carbocycles. The maximum absolute atomic E-state index is 12.0. The fourth-order valence-corrected chi connectivity index (χ4v) is 3.77. The molecule has 0 atom stereocenters. The average molecular weight is 333 g/mol. The number of nitrogens with zero attached hydrogens (tertiary/aromatic N) is 1. The van der Waals surface area contributed by atoms with Gasteiger partial charge in [0.2, 0.25) is 0 Å². The number of benzene rings is 1. The van der Waals surface area contributed by atoms with E-state index in [0.717, 1.165) is 4.31 Å². The van der Waals surface area contributed by atoms with E-state index < -0.39 is 20.7 Å². The molecule has 5 nitrogen and oxygen atoms in total. The van der Waals surface area contributed by atoms with E-state index in [1.165, 1.54) is 13.8 Å². The van der Waals surface area contributed by atoms with Gasteiger partial charge in [-0.2, -0.15) is 0 Å². The van der Waals surface area contributed by atoms with Gasteiger partial charge in [-0.15, -0.1) is 0 Å². The SMILES string of the molecule is CC1(C)C(=O)N(Cc2ccc(C(N)=S)cc2Cl)S1(=O)=O. The fraction of sp³-hybridized carbons (Fsp3) is 0.333. The molecule has 0 unspecified atom stereocenters. The molecule has 1 aliphatic heterocycles. The van der Waals surface area contributed by atoms with Crippen molar-refractivity contribution >= 4 is 44.7 Å². The predicted molar refractivity (Wildman–Crippen MR) is 80.9 cm³/mol. The highest BCUT2D eigenvalue weighted by Gasteiger charge is 2.59. The third-order valence-corrected chi connectivity index (χ3v) is 6.26. The molecule has 2 N–H and O–H groups in total. The molecular weight excluding hydrogens is 320 g/mol. The van der Waals surface area contributed by atoms with Crippen LogP contribution in [0.25, 0.3) is 0 Å². The summed E-state index contributed by atoms with van der Waals surface area (Å²) >= 11 is 10.9. The summed E-state index contributed by atoms with van der Waals surface area (Å²) in [5, 5.41) is 0.322. The fourth-order valence-electron chi connectivity index (χ4n) is 1.90. The summed E-state index contributed by atoms with van der Waals surface area (Å²) in [5.41, 5.74) is 6.60. The normalized spacial score (nSPS) is 19.6. The van der Waals surface area contributed by atoms with Gasteiger partial charge in [-0.3, -0.25) is 4.79 Å². The number of halogens is 1. The summed E-state index contributed by atoms with van der Waals surface area (Å²) in [6.45, 7) is 2.69. The van der Waals surface area contributed by atoms with E-state index in [2.05, 4.69) is 0 Å². The molecule has 1 saturated heterocycles. The van der Waals surface area contributed by atoms with Crippen molar-refractivity contribution in [3.63, 3.8) is 0 Å². The van der Waals surface area contributed by atoms with Gasteiger partial charge in [0.05, 0.1) is 6.54 Å². The highest BCUT2D eigenvalue weighted by molar-refractivity contribution is 7.94. The van der Waals surface area contributed by atoms with Crippen LogP contribution in [0.5, 0.6) is 0 Å². The van der Waals surface area contributed by atoms with Gasteiger partial charge in [0.1, 0.15) is 4.99 Å². The van der Waals surface area contributed by atoms with Crippen molar-refractivity contribution in [2.45, 2.75) is 25.1 Å². The van der Waals surface area contributed by atoms with Crippen LogP contribution in [0.4, 0.5) is 0 Å². The monoisotopic (exact) mass is 332 g/mol. The zero-order valence-electron chi connectivity index (χ0n) is 10.9. The van der Waals surface area contributed by atoms with Gasteiger partial charge in [0.25, 0.3) is 15.9 Å². The number of carbonyl (C=O) groups is 1. The maximum atomic E-state index is 12.0. The van der Waals surface area contributed by atoms with Crippen LogP contribution in [0.2, 0.25) is 5.02 Å². The Morgan fingerprint density at radius 1 is 1.45 bits per heavy atom. The molecule has 1 amide bonds. The number of carbonyl (C=O) groups excluding carboxylic acids is 1. The Labute approximate surface area is 127 Å². The van der Waals surface area contributed by atoms with Crippen molar-refractivity contribution in [2.75, 3.05) is 0 Å². The van der Waals surface area contributed by atoms with Crippen molar-refractivity contribution < 1.29 is 13.2 Å². The van der Waals surface area contributed by atoms with Crippen LogP contribution in [-0.4, -0.2) is 28.4 Å². The van der Waals surface area contributed by atoms with Crippen LogP contribution < -0.4 is 5.73 Å². The molecule has 0 bridgehead atoms. The van der Waals surface area contributed by atoms with E-state index in [-0.39, 0.29) is 11.5 Å². The molecule has 1 aromatic carbocycles. The minimum Gasteiger partial charge on any atom is -0.389 e. The molecule has 0 spiro atoms. The summed E-state index contributed by atoms with van der Waals surface area (Å²) in [6.07, 6.45) is 0. The van der Waals surface area contributed by atoms with Crippen molar-refractivity contribution in [1.82, 2.24) is 4.31 Å². The van der Waals surface area contributed by atoms with Gasteiger partial charge in [0, 0.05) is 10.6 Å². The lowest BCUT2D eigenvalue weighted by Gasteiger charge is -2.43. The zero-order valence-corrected chi connectivity index (χ0v) is 13.3. The first kappa shape index (κ1) is 15.2. The Morgan fingerprint density at radius 2 is 2.05 bits per heavy atom. The third-order valence-electron chi connectivity index (χ3n) is 3.33. The number of nitrogens with two attached hydrogens (primary N) is 1. The average Bonchev–Trinajstić information content (AvgIpc) is 2.35. The highest BCUT2D eigenvalue weighted by atomic mass is 35.5. The van der Waals surface area contributed by atoms with E-state index >= 15 is 0 Å². The zero-order chi connectivity index (χ0) is 15.3. The molecule has 0 saturated carbocycles. The Balaban J connectivity index is 2.29. The van der Waals surface area contributed by atoms with E-state index in [1.807, 2.05) is 0 Å². The molecule has 20 heavy (non-hydrogen) atoms. The van der Waals surface area contributed by atoms with Crippen LogP contribution in [0, 0.1) is 0 Å². The quantitative estimate of drug-likeness (QED) is 0.847. The molecule has 8 heteroatoms. The van der Waals surface area contributed by atoms with Crippen molar-refractivity contribution in [3.8, 4) is 0 Å². The van der Waals surface area contributed by atoms with Crippen molar-refractivity contribution in [2.24, 2.45) is 5.73 Å². The van der Waals surface area contributed by atoms with Crippen molar-refractivity contribution in [1.29, 1.82) is 0 Å². The van der Waals surface area contributed by atoms with Gasteiger partial charge < -0.3 is 5.73 Å². The Kier molecular flexibility index (Phi) is 3.56. The first-order valence-corrected chi connectivity index (χ1v) is 7.96. The van der Waals surface area contributed by atoms with Gasteiger partial charge in [0.15, 0.2) is 4.75 Å². The molecule has 1 aromatic rings. The van der Waals surface area contributed by atoms with Crippen molar-refractivity contribution in [3.05, 3.63) is 34.3 Å². The summed E-state index contributed by atoms with van der Waals surface area (Å²) in [4.78, 5) is 12.1. The minimum absolute atomic E-state index is 0.0823. The number of amides is 1. The van der Waals surface area contributed by atoms with Crippen LogP contribution in [0.1, 0.15) is 25.0 Å². The van der Waals surface area contributed by atoms with Gasteiger partial charge >= 0.3 is 0 Å². The molecule has 0 aromatic heterocycles. The Hall–Kier alpha value is -1.18. The first-order chi connectivity index (χ1) is 9.09. The summed E-state index contributed by atoms with van der Waals surface area (Å²) in [6, 6.07) is 4.82. The van der Waals surface area contributed by atoms with Crippen LogP contribution >= 0.6 is 23.8 Å². The summed E-state index contributed by atoms with van der Waals surface area (Å²) in [7, 11) is -3.62. The third kappa shape index (κ3) is 2.10. The number of rotatable bonds is 3. The lowest BCUT2D eigenvalue weighted by molar-refractivity contribution is -0.132. The molecule has 1 fully saturated rings. The molecule has 1 aliphatic rings. The van der Waals surface area contributed by atoms with E-state index in [4.69, 9.17) is 29.6 Å². The van der Waals surface area contributed by atoms with Crippen LogP contribution in [0.15, 0.2) is 18.2 Å². The summed E-state index contributed by atoms with van der Waals surface area (Å²) in [5.74, 6) is -0.438. The molecular formula is C12H13ClN2O3S2. The Morgan fingerprint density at radius 3 is 2.50 bits per heavy atom. The minimum atomic E-state index is -3.62. The second-order valence-electron chi connectivity index (χ2n) is 5.00. The number of hydrogen-bond donors (Lipinski definition) is 1. The predicted octanol–water partition coefficient (Wildman–Crippen LogP) is 1.42. The number of sulfonamides is 1. The second kappa shape index (κ2) is 4.68. The molecule has 1 heterocycles. The van der Waals surface area contributed by atoms with Gasteiger partial charge in [-0.25, -0.2) is 12.7 Å². The smallest absolute Gasteiger partial charge is 0.259 e. The highest BCUT2D eigenvalue weighted by Crippen LogP contribution is 2.36. The second-order valence-corrected chi connectivity index (χ2v) is 8.26. The Bertz CT molecular complexity index is 713. The lowest BCUT2D eigenvalue weighted by atomic mass is 10.1. The van der Waals surface area contributed by atoms with E-state index in [1.54, 1.807) is 18.2 Å². The van der Waals surface area contributed by atoms with E-state index in [9.17, 15) is 13.2 Å². The largest absolute Gasteiger partial charge is 0.389 e. The lowest BCUT2D eigenvalue weighted by Crippen LogP contribution is -2.66. The van der Waals surface area contributed by atoms with Gasteiger partial charge in [-0.1, -0.05) is 36.0 Å². The van der Waals surface area contributed by atoms with Gasteiger partial charge in [-0.05, 0) is 25.5 Å².